The number of nitrogens with zero attached hydrogens (tertiary/aromatic N) is 1. The van der Waals surface area contributed by atoms with Crippen LogP contribution in [0.25, 0.3) is 0 Å². The highest BCUT2D eigenvalue weighted by Gasteiger charge is 2.56. The third-order valence-electron chi connectivity index (χ3n) is 7.29. The van der Waals surface area contributed by atoms with E-state index in [4.69, 9.17) is 21.1 Å². The van der Waals surface area contributed by atoms with E-state index >= 15 is 4.39 Å². The number of amides is 2. The van der Waals surface area contributed by atoms with Crippen molar-refractivity contribution < 1.29 is 41.0 Å². The van der Waals surface area contributed by atoms with Crippen LogP contribution in [0.5, 0.6) is 5.75 Å². The zero-order chi connectivity index (χ0) is 26.8. The van der Waals surface area contributed by atoms with Gasteiger partial charge >= 0.3 is 6.18 Å². The van der Waals surface area contributed by atoms with Gasteiger partial charge in [-0.1, -0.05) is 11.6 Å². The topological polar surface area (TPSA) is 89.0 Å². The first kappa shape index (κ1) is 27.6. The van der Waals surface area contributed by atoms with Crippen molar-refractivity contribution in [1.82, 2.24) is 10.6 Å². The fraction of sp³-hybridized carbons (Fsp3) is 0.625. The van der Waals surface area contributed by atoms with Gasteiger partial charge in [0, 0.05) is 24.2 Å². The lowest BCUT2D eigenvalue weighted by Crippen LogP contribution is -2.69. The molecule has 1 aliphatic heterocycles. The number of halogens is 6. The van der Waals surface area contributed by atoms with Gasteiger partial charge in [-0.3, -0.25) is 14.6 Å². The molecule has 0 aromatic heterocycles. The minimum absolute atomic E-state index is 0.00354. The van der Waals surface area contributed by atoms with Crippen molar-refractivity contribution in [3.63, 3.8) is 0 Å². The Morgan fingerprint density at radius 2 is 1.78 bits per heavy atom. The van der Waals surface area contributed by atoms with Gasteiger partial charge in [0.05, 0.1) is 16.7 Å². The van der Waals surface area contributed by atoms with Crippen molar-refractivity contribution >= 4 is 29.6 Å². The predicted molar refractivity (Wildman–Crippen MR) is 124 cm³/mol. The van der Waals surface area contributed by atoms with E-state index in [0.29, 0.717) is 25.7 Å². The van der Waals surface area contributed by atoms with Crippen LogP contribution in [-0.2, 0) is 14.3 Å². The molecule has 7 nitrogen and oxygen atoms in total. The van der Waals surface area contributed by atoms with Crippen LogP contribution < -0.4 is 15.4 Å². The number of nitrogens with one attached hydrogen (secondary N) is 2. The van der Waals surface area contributed by atoms with E-state index < -0.39 is 59.8 Å². The molecule has 4 aliphatic rings. The van der Waals surface area contributed by atoms with Crippen LogP contribution in [0, 0.1) is 5.82 Å². The monoisotopic (exact) mass is 551 g/mol. The molecule has 3 unspecified atom stereocenters. The standard InChI is InChI=1S/C24H27ClF5N3O4/c25-16-3-1-14(9-17(16)26)36-12-20(34)32-22-5-7-23(8-6-22,18(27)10-22)33-21(35)13-37-15-2-4-19(31-11-15)24(28,29)30/h1,3,9,11,15,18-19H,2,4-8,10,12-13H2,(H,32,34)(H,33,35). The number of hydrogen-bond donors (Lipinski definition) is 2. The Bertz CT molecular complexity index is 1050. The van der Waals surface area contributed by atoms with Crippen LogP contribution in [0.3, 0.4) is 0 Å². The molecule has 2 bridgehead atoms. The highest BCUT2D eigenvalue weighted by Crippen LogP contribution is 2.48. The van der Waals surface area contributed by atoms with E-state index in [9.17, 15) is 27.2 Å². The molecular formula is C24H27ClF5N3O4. The first-order chi connectivity index (χ1) is 17.4. The van der Waals surface area contributed by atoms with Crippen LogP contribution in [0.2, 0.25) is 5.02 Å². The molecule has 3 atom stereocenters. The Kier molecular flexibility index (Phi) is 7.99. The van der Waals surface area contributed by atoms with Gasteiger partial charge in [0.2, 0.25) is 5.91 Å². The van der Waals surface area contributed by atoms with Gasteiger partial charge in [-0.2, -0.15) is 13.2 Å². The summed E-state index contributed by atoms with van der Waals surface area (Å²) >= 11 is 5.62. The largest absolute Gasteiger partial charge is 0.484 e. The number of carbonyl (C=O) groups is 2. The van der Waals surface area contributed by atoms with Gasteiger partial charge in [0.1, 0.15) is 30.4 Å². The van der Waals surface area contributed by atoms with Crippen molar-refractivity contribution in [2.45, 2.75) is 80.5 Å². The molecule has 0 spiro atoms. The van der Waals surface area contributed by atoms with E-state index in [1.807, 2.05) is 0 Å². The van der Waals surface area contributed by atoms with E-state index in [1.165, 1.54) is 12.1 Å². The molecule has 1 aromatic carbocycles. The first-order valence-corrected chi connectivity index (χ1v) is 12.3. The predicted octanol–water partition coefficient (Wildman–Crippen LogP) is 4.06. The number of hydrogen-bond acceptors (Lipinski definition) is 5. The van der Waals surface area contributed by atoms with E-state index in [-0.39, 0.29) is 36.6 Å². The second kappa shape index (κ2) is 10.7. The van der Waals surface area contributed by atoms with Crippen molar-refractivity contribution in [3.8, 4) is 5.75 Å². The molecule has 5 rings (SSSR count). The summed E-state index contributed by atoms with van der Waals surface area (Å²) in [6.07, 6.45) is -4.16. The molecule has 0 saturated heterocycles. The van der Waals surface area contributed by atoms with Crippen LogP contribution in [-0.4, -0.2) is 66.8 Å². The molecule has 1 aromatic rings. The molecule has 2 amide bonds. The van der Waals surface area contributed by atoms with Gasteiger partial charge < -0.3 is 20.1 Å². The fourth-order valence-corrected chi connectivity index (χ4v) is 5.32. The van der Waals surface area contributed by atoms with E-state index in [0.717, 1.165) is 12.3 Å². The van der Waals surface area contributed by atoms with Crippen molar-refractivity contribution in [3.05, 3.63) is 29.0 Å². The lowest BCUT2D eigenvalue weighted by atomic mass is 9.60. The molecule has 1 heterocycles. The minimum atomic E-state index is -4.41. The Morgan fingerprint density at radius 3 is 2.38 bits per heavy atom. The van der Waals surface area contributed by atoms with Crippen molar-refractivity contribution in [2.24, 2.45) is 4.99 Å². The van der Waals surface area contributed by atoms with Gasteiger partial charge in [-0.15, -0.1) is 0 Å². The number of benzene rings is 1. The summed E-state index contributed by atoms with van der Waals surface area (Å²) in [6.45, 7) is -0.806. The summed E-state index contributed by atoms with van der Waals surface area (Å²) in [4.78, 5) is 28.4. The summed E-state index contributed by atoms with van der Waals surface area (Å²) in [5.74, 6) is -1.58. The molecule has 0 radical (unpaired) electrons. The lowest BCUT2D eigenvalue weighted by molar-refractivity contribution is -0.151. The lowest BCUT2D eigenvalue weighted by Gasteiger charge is -2.55. The smallest absolute Gasteiger partial charge is 0.410 e. The van der Waals surface area contributed by atoms with Crippen molar-refractivity contribution in [2.75, 3.05) is 13.2 Å². The summed E-state index contributed by atoms with van der Waals surface area (Å²) in [7, 11) is 0. The van der Waals surface area contributed by atoms with Gasteiger partial charge in [-0.25, -0.2) is 8.78 Å². The molecule has 3 saturated carbocycles. The number of carbonyl (C=O) groups excluding carboxylic acids is 2. The average Bonchev–Trinajstić information content (AvgIpc) is 2.84. The molecular weight excluding hydrogens is 525 g/mol. The maximum atomic E-state index is 15.3. The van der Waals surface area contributed by atoms with E-state index in [1.54, 1.807) is 0 Å². The average molecular weight is 552 g/mol. The third kappa shape index (κ3) is 6.51. The minimum Gasteiger partial charge on any atom is -0.484 e. The second-order valence-corrected chi connectivity index (χ2v) is 10.3. The Hall–Kier alpha value is -2.47. The second-order valence-electron chi connectivity index (χ2n) is 9.85. The molecule has 3 fully saturated rings. The Balaban J connectivity index is 1.23. The molecule has 204 valence electrons. The molecule has 3 aliphatic carbocycles. The Labute approximate surface area is 215 Å². The summed E-state index contributed by atoms with van der Waals surface area (Å²) in [5, 5.41) is 5.49. The summed E-state index contributed by atoms with van der Waals surface area (Å²) < 4.78 is 77.6. The Morgan fingerprint density at radius 1 is 1.08 bits per heavy atom. The first-order valence-electron chi connectivity index (χ1n) is 12.0. The van der Waals surface area contributed by atoms with Crippen molar-refractivity contribution in [1.29, 1.82) is 0 Å². The maximum Gasteiger partial charge on any atom is 0.410 e. The number of fused-ring (bicyclic) bond motifs is 3. The number of ether oxygens (including phenoxy) is 2. The molecule has 2 N–H and O–H groups in total. The maximum absolute atomic E-state index is 15.3. The SMILES string of the molecule is O=C(COc1ccc(Cl)c(F)c1)NC12CCC(NC(=O)COC3C=NC(C(F)(F)F)CC3)(CC1)C(F)C2. The fourth-order valence-electron chi connectivity index (χ4n) is 5.20. The molecule has 13 heteroatoms. The van der Waals surface area contributed by atoms with Gasteiger partial charge in [-0.05, 0) is 50.7 Å². The summed E-state index contributed by atoms with van der Waals surface area (Å²) in [6, 6.07) is 2.04. The number of rotatable bonds is 8. The zero-order valence-electron chi connectivity index (χ0n) is 19.8. The third-order valence-corrected chi connectivity index (χ3v) is 7.59. The zero-order valence-corrected chi connectivity index (χ0v) is 20.5. The quantitative estimate of drug-likeness (QED) is 0.477. The highest BCUT2D eigenvalue weighted by molar-refractivity contribution is 6.30. The van der Waals surface area contributed by atoms with Crippen LogP contribution in [0.1, 0.15) is 44.9 Å². The van der Waals surface area contributed by atoms with Crippen LogP contribution >= 0.6 is 11.6 Å². The van der Waals surface area contributed by atoms with E-state index in [2.05, 4.69) is 15.6 Å². The van der Waals surface area contributed by atoms with Crippen LogP contribution in [0.4, 0.5) is 22.0 Å². The van der Waals surface area contributed by atoms with Crippen LogP contribution in [0.15, 0.2) is 23.2 Å². The van der Waals surface area contributed by atoms with Gasteiger partial charge in [0.15, 0.2) is 6.61 Å². The molecule has 37 heavy (non-hydrogen) atoms. The summed E-state index contributed by atoms with van der Waals surface area (Å²) in [5.41, 5.74) is -1.87. The van der Waals surface area contributed by atoms with Gasteiger partial charge in [0.25, 0.3) is 5.91 Å². The number of alkyl halides is 4. The number of aliphatic imine (C=N–C) groups is 1. The highest BCUT2D eigenvalue weighted by atomic mass is 35.5. The normalized spacial score (nSPS) is 31.1.